The fourth-order valence-electron chi connectivity index (χ4n) is 2.20. The highest BCUT2D eigenvalue weighted by Gasteiger charge is 2.29. The third-order valence-corrected chi connectivity index (χ3v) is 4.03. The van der Waals surface area contributed by atoms with Gasteiger partial charge in [0.25, 0.3) is 0 Å². The van der Waals surface area contributed by atoms with Crippen molar-refractivity contribution in [2.45, 2.75) is 25.7 Å². The van der Waals surface area contributed by atoms with Crippen LogP contribution < -0.4 is 4.74 Å². The van der Waals surface area contributed by atoms with Crippen LogP contribution >= 0.6 is 15.9 Å². The molecule has 0 fully saturated rings. The first-order valence-electron chi connectivity index (χ1n) is 5.83. The van der Waals surface area contributed by atoms with Gasteiger partial charge in [-0.3, -0.25) is 4.79 Å². The Morgan fingerprint density at radius 2 is 2.21 bits per heavy atom. The summed E-state index contributed by atoms with van der Waals surface area (Å²) in [6, 6.07) is 3.67. The molecule has 0 aliphatic rings. The summed E-state index contributed by atoms with van der Waals surface area (Å²) in [4.78, 5) is 11.0. The van der Waals surface area contributed by atoms with Crippen LogP contribution in [0.15, 0.2) is 27.3 Å². The number of carboxylic acid groups (broad SMARTS) is 1. The molecule has 1 N–H and O–H groups in total. The molecule has 0 aliphatic heterocycles. The lowest BCUT2D eigenvalue weighted by Gasteiger charge is -2.25. The van der Waals surface area contributed by atoms with Crippen molar-refractivity contribution >= 4 is 32.9 Å². The van der Waals surface area contributed by atoms with Crippen LogP contribution in [0.3, 0.4) is 0 Å². The van der Waals surface area contributed by atoms with Crippen molar-refractivity contribution < 1.29 is 19.1 Å². The van der Waals surface area contributed by atoms with Gasteiger partial charge >= 0.3 is 5.97 Å². The van der Waals surface area contributed by atoms with Crippen LogP contribution in [0.25, 0.3) is 11.0 Å². The molecule has 4 nitrogen and oxygen atoms in total. The first kappa shape index (κ1) is 13.9. The minimum Gasteiger partial charge on any atom is -0.493 e. The lowest BCUT2D eigenvalue weighted by Crippen LogP contribution is -2.22. The Bertz CT molecular complexity index is 628. The van der Waals surface area contributed by atoms with Gasteiger partial charge in [-0.15, -0.1) is 0 Å². The molecule has 102 valence electrons. The number of furan rings is 1. The highest BCUT2D eigenvalue weighted by molar-refractivity contribution is 9.10. The zero-order valence-corrected chi connectivity index (χ0v) is 12.6. The van der Waals surface area contributed by atoms with Gasteiger partial charge < -0.3 is 14.3 Å². The van der Waals surface area contributed by atoms with Crippen molar-refractivity contribution in [2.75, 3.05) is 7.11 Å². The molecule has 0 saturated carbocycles. The number of methoxy groups -OCH3 is 1. The number of halogens is 1. The Kier molecular flexibility index (Phi) is 3.58. The predicted octanol–water partition coefficient (Wildman–Crippen LogP) is 3.96. The van der Waals surface area contributed by atoms with E-state index in [1.807, 2.05) is 26.0 Å². The van der Waals surface area contributed by atoms with Gasteiger partial charge in [0.15, 0.2) is 11.3 Å². The third-order valence-electron chi connectivity index (χ3n) is 3.18. The van der Waals surface area contributed by atoms with Gasteiger partial charge in [-0.25, -0.2) is 0 Å². The monoisotopic (exact) mass is 326 g/mol. The highest BCUT2D eigenvalue weighted by Crippen LogP contribution is 2.42. The molecule has 0 bridgehead atoms. The molecule has 2 rings (SSSR count). The van der Waals surface area contributed by atoms with Crippen molar-refractivity contribution in [3.63, 3.8) is 0 Å². The summed E-state index contributed by atoms with van der Waals surface area (Å²) in [6.45, 7) is 3.79. The first-order chi connectivity index (χ1) is 8.86. The molecular weight excluding hydrogens is 312 g/mol. The Morgan fingerprint density at radius 3 is 2.79 bits per heavy atom. The van der Waals surface area contributed by atoms with Crippen LogP contribution in [-0.2, 0) is 10.2 Å². The molecule has 0 amide bonds. The fourth-order valence-corrected chi connectivity index (χ4v) is 3.16. The summed E-state index contributed by atoms with van der Waals surface area (Å²) < 4.78 is 11.6. The summed E-state index contributed by atoms with van der Waals surface area (Å²) >= 11 is 3.54. The summed E-state index contributed by atoms with van der Waals surface area (Å²) in [6.07, 6.45) is 1.63. The lowest BCUT2D eigenvalue weighted by molar-refractivity contribution is -0.138. The third kappa shape index (κ3) is 2.47. The second kappa shape index (κ2) is 4.89. The molecule has 0 unspecified atom stereocenters. The smallest absolute Gasteiger partial charge is 0.304 e. The maximum absolute atomic E-state index is 11.0. The number of ether oxygens (including phenoxy) is 1. The average Bonchev–Trinajstić information content (AvgIpc) is 2.77. The zero-order chi connectivity index (χ0) is 14.2. The SMILES string of the molecule is COc1cc(C(C)(C)CC(=O)O)c(Br)c2ccoc12. The van der Waals surface area contributed by atoms with Crippen LogP contribution in [0, 0.1) is 0 Å². The van der Waals surface area contributed by atoms with E-state index in [2.05, 4.69) is 15.9 Å². The molecule has 0 atom stereocenters. The van der Waals surface area contributed by atoms with Gasteiger partial charge in [0.05, 0.1) is 19.8 Å². The molecule has 0 saturated heterocycles. The van der Waals surface area contributed by atoms with Gasteiger partial charge in [-0.1, -0.05) is 13.8 Å². The van der Waals surface area contributed by atoms with E-state index in [-0.39, 0.29) is 6.42 Å². The fraction of sp³-hybridized carbons (Fsp3) is 0.357. The molecule has 1 aromatic heterocycles. The van der Waals surface area contributed by atoms with E-state index in [4.69, 9.17) is 14.3 Å². The molecule has 2 aromatic rings. The maximum Gasteiger partial charge on any atom is 0.304 e. The van der Waals surface area contributed by atoms with E-state index in [0.29, 0.717) is 11.3 Å². The van der Waals surface area contributed by atoms with Crippen LogP contribution in [0.4, 0.5) is 0 Å². The molecule has 1 aromatic carbocycles. The maximum atomic E-state index is 11.0. The molecule has 0 radical (unpaired) electrons. The second-order valence-electron chi connectivity index (χ2n) is 5.06. The van der Waals surface area contributed by atoms with Gasteiger partial charge in [-0.05, 0) is 33.6 Å². The topological polar surface area (TPSA) is 59.7 Å². The number of carbonyl (C=O) groups is 1. The largest absolute Gasteiger partial charge is 0.493 e. The van der Waals surface area contributed by atoms with Crippen molar-refractivity contribution in [1.82, 2.24) is 0 Å². The van der Waals surface area contributed by atoms with Crippen LogP contribution in [0.2, 0.25) is 0 Å². The number of hydrogen-bond donors (Lipinski definition) is 1. The second-order valence-corrected chi connectivity index (χ2v) is 5.85. The summed E-state index contributed by atoms with van der Waals surface area (Å²) in [5, 5.41) is 9.92. The van der Waals surface area contributed by atoms with Gasteiger partial charge in [0.1, 0.15) is 0 Å². The summed E-state index contributed by atoms with van der Waals surface area (Å²) in [5.41, 5.74) is 1.04. The van der Waals surface area contributed by atoms with Crippen molar-refractivity contribution in [1.29, 1.82) is 0 Å². The average molecular weight is 327 g/mol. The van der Waals surface area contributed by atoms with E-state index in [1.165, 1.54) is 0 Å². The van der Waals surface area contributed by atoms with Crippen molar-refractivity contribution in [3.8, 4) is 5.75 Å². The van der Waals surface area contributed by atoms with Gasteiger partial charge in [-0.2, -0.15) is 0 Å². The summed E-state index contributed by atoms with van der Waals surface area (Å²) in [5.74, 6) is -0.222. The summed E-state index contributed by atoms with van der Waals surface area (Å²) in [7, 11) is 1.57. The number of carboxylic acids is 1. The van der Waals surface area contributed by atoms with E-state index >= 15 is 0 Å². The van der Waals surface area contributed by atoms with Crippen molar-refractivity contribution in [3.05, 3.63) is 28.4 Å². The number of benzene rings is 1. The molecule has 0 spiro atoms. The zero-order valence-electron chi connectivity index (χ0n) is 11.0. The number of rotatable bonds is 4. The van der Waals surface area contributed by atoms with Crippen LogP contribution in [0.1, 0.15) is 25.8 Å². The molecular formula is C14H15BrO4. The molecule has 0 aliphatic carbocycles. The number of fused-ring (bicyclic) bond motifs is 1. The van der Waals surface area contributed by atoms with E-state index < -0.39 is 11.4 Å². The van der Waals surface area contributed by atoms with E-state index in [0.717, 1.165) is 15.4 Å². The minimum absolute atomic E-state index is 0.0398. The minimum atomic E-state index is -0.830. The Morgan fingerprint density at radius 1 is 1.53 bits per heavy atom. The highest BCUT2D eigenvalue weighted by atomic mass is 79.9. The van der Waals surface area contributed by atoms with Crippen molar-refractivity contribution in [2.24, 2.45) is 0 Å². The van der Waals surface area contributed by atoms with Gasteiger partial charge in [0, 0.05) is 15.3 Å². The number of hydrogen-bond acceptors (Lipinski definition) is 3. The molecule has 5 heteroatoms. The first-order valence-corrected chi connectivity index (χ1v) is 6.62. The lowest BCUT2D eigenvalue weighted by atomic mass is 9.81. The normalized spacial score (nSPS) is 11.8. The quantitative estimate of drug-likeness (QED) is 0.923. The standard InChI is InChI=1S/C14H15BrO4/c1-14(2,7-11(16)17)9-6-10(18-3)13-8(12(9)15)4-5-19-13/h4-6H,7H2,1-3H3,(H,16,17). The number of aliphatic carboxylic acids is 1. The Balaban J connectivity index is 2.66. The molecule has 1 heterocycles. The van der Waals surface area contributed by atoms with E-state index in [1.54, 1.807) is 13.4 Å². The predicted molar refractivity (Wildman–Crippen MR) is 75.7 cm³/mol. The van der Waals surface area contributed by atoms with E-state index in [9.17, 15) is 4.79 Å². The Labute approximate surface area is 119 Å². The van der Waals surface area contributed by atoms with Gasteiger partial charge in [0.2, 0.25) is 0 Å². The Hall–Kier alpha value is -1.49. The molecule has 19 heavy (non-hydrogen) atoms. The van der Waals surface area contributed by atoms with Crippen LogP contribution in [-0.4, -0.2) is 18.2 Å². The van der Waals surface area contributed by atoms with Crippen LogP contribution in [0.5, 0.6) is 5.75 Å².